The zero-order chi connectivity index (χ0) is 32.3. The van der Waals surface area contributed by atoms with Gasteiger partial charge in [-0.1, -0.05) is 48.5 Å². The Morgan fingerprint density at radius 2 is 1.21 bits per heavy atom. The second-order valence-corrected chi connectivity index (χ2v) is 11.0. The Kier molecular flexibility index (Phi) is 10.1. The molecule has 7 nitrogen and oxygen atoms in total. The van der Waals surface area contributed by atoms with Crippen molar-refractivity contribution in [2.45, 2.75) is 12.1 Å². The summed E-state index contributed by atoms with van der Waals surface area (Å²) in [7, 11) is 3.33. The van der Waals surface area contributed by atoms with Crippen LogP contribution in [0.15, 0.2) is 157 Å². The number of hydrogen-bond acceptors (Lipinski definition) is 7. The first kappa shape index (κ1) is 31.3. The molecule has 5 aromatic carbocycles. The standard InChI is InChI=1S/C40H39N3O4/c1-44-37-20-16-31(17-21-37)41-32-24-26-40(27-25-32,42-33-18-22-38(45-2)23-19-33)47-29-28-46-39-15-9-14-36(30-39)43(34-10-5-3-6-11-34)35-12-7-4-8-13-35/h3-26,30,41-42H,27-29H2,1-2H3. The van der Waals surface area contributed by atoms with Gasteiger partial charge in [0, 0.05) is 46.6 Å². The molecule has 0 aliphatic heterocycles. The van der Waals surface area contributed by atoms with Crippen molar-refractivity contribution in [2.24, 2.45) is 0 Å². The maximum atomic E-state index is 6.54. The molecule has 0 amide bonds. The lowest BCUT2D eigenvalue weighted by Crippen LogP contribution is -2.41. The first-order chi connectivity index (χ1) is 23.1. The minimum absolute atomic E-state index is 0.369. The number of nitrogens with zero attached hydrogens (tertiary/aromatic N) is 1. The fourth-order valence-corrected chi connectivity index (χ4v) is 5.41. The fourth-order valence-electron chi connectivity index (χ4n) is 5.41. The van der Waals surface area contributed by atoms with Crippen molar-refractivity contribution in [2.75, 3.05) is 43.0 Å². The van der Waals surface area contributed by atoms with Crippen LogP contribution in [0.1, 0.15) is 6.42 Å². The molecule has 0 bridgehead atoms. The molecule has 0 saturated heterocycles. The molecule has 47 heavy (non-hydrogen) atoms. The van der Waals surface area contributed by atoms with E-state index in [1.54, 1.807) is 14.2 Å². The van der Waals surface area contributed by atoms with Crippen molar-refractivity contribution in [3.8, 4) is 17.2 Å². The van der Waals surface area contributed by atoms with E-state index >= 15 is 0 Å². The molecular formula is C40H39N3O4. The van der Waals surface area contributed by atoms with Crippen molar-refractivity contribution in [3.05, 3.63) is 157 Å². The molecule has 0 spiro atoms. The molecule has 0 fully saturated rings. The van der Waals surface area contributed by atoms with Crippen LogP contribution in [0.4, 0.5) is 28.4 Å². The van der Waals surface area contributed by atoms with E-state index < -0.39 is 5.72 Å². The summed E-state index contributed by atoms with van der Waals surface area (Å²) in [6.07, 6.45) is 6.83. The molecule has 1 aliphatic carbocycles. The Morgan fingerprint density at radius 3 is 1.79 bits per heavy atom. The normalized spacial score (nSPS) is 15.3. The highest BCUT2D eigenvalue weighted by atomic mass is 16.5. The zero-order valence-corrected chi connectivity index (χ0v) is 26.6. The van der Waals surface area contributed by atoms with E-state index in [1.165, 1.54) is 0 Å². The SMILES string of the molecule is COc1ccc(NC2=CCC(Nc3ccc(OC)cc3)(OCCOc3cccc(N(c4ccccc4)c4ccccc4)c3)C=C2)cc1. The molecule has 0 heterocycles. The van der Waals surface area contributed by atoms with Gasteiger partial charge in [0.05, 0.1) is 20.8 Å². The van der Waals surface area contributed by atoms with Crippen LogP contribution in [0.5, 0.6) is 17.2 Å². The Hall–Kier alpha value is -5.66. The molecule has 1 unspecified atom stereocenters. The van der Waals surface area contributed by atoms with Crippen molar-refractivity contribution in [1.29, 1.82) is 0 Å². The van der Waals surface area contributed by atoms with Gasteiger partial charge >= 0.3 is 0 Å². The molecule has 0 radical (unpaired) electrons. The Labute approximate surface area is 276 Å². The van der Waals surface area contributed by atoms with Gasteiger partial charge in [0.1, 0.15) is 23.9 Å². The van der Waals surface area contributed by atoms with E-state index in [2.05, 4.69) is 64.1 Å². The topological polar surface area (TPSA) is 64.2 Å². The summed E-state index contributed by atoms with van der Waals surface area (Å²) < 4.78 is 23.4. The van der Waals surface area contributed by atoms with Gasteiger partial charge in [-0.15, -0.1) is 0 Å². The van der Waals surface area contributed by atoms with E-state index in [-0.39, 0.29) is 0 Å². The van der Waals surface area contributed by atoms with Crippen LogP contribution < -0.4 is 29.7 Å². The molecule has 2 N–H and O–H groups in total. The molecule has 1 aliphatic rings. The van der Waals surface area contributed by atoms with Gasteiger partial charge < -0.3 is 34.5 Å². The molecule has 238 valence electrons. The average molecular weight is 626 g/mol. The van der Waals surface area contributed by atoms with Gasteiger partial charge in [0.25, 0.3) is 0 Å². The third kappa shape index (κ3) is 8.14. The van der Waals surface area contributed by atoms with Crippen molar-refractivity contribution in [3.63, 3.8) is 0 Å². The van der Waals surface area contributed by atoms with Crippen molar-refractivity contribution in [1.82, 2.24) is 0 Å². The van der Waals surface area contributed by atoms with Crippen LogP contribution in [-0.2, 0) is 4.74 Å². The van der Waals surface area contributed by atoms with Crippen LogP contribution in [0.2, 0.25) is 0 Å². The number of para-hydroxylation sites is 2. The molecule has 0 saturated carbocycles. The Morgan fingerprint density at radius 1 is 0.617 bits per heavy atom. The van der Waals surface area contributed by atoms with Gasteiger partial charge in [-0.05, 0) is 97.1 Å². The maximum Gasteiger partial charge on any atom is 0.162 e. The number of allylic oxidation sites excluding steroid dienone is 1. The first-order valence-corrected chi connectivity index (χ1v) is 15.6. The predicted octanol–water partition coefficient (Wildman–Crippen LogP) is 9.33. The second-order valence-electron chi connectivity index (χ2n) is 11.0. The summed E-state index contributed by atoms with van der Waals surface area (Å²) >= 11 is 0. The summed E-state index contributed by atoms with van der Waals surface area (Å²) in [4.78, 5) is 2.22. The highest BCUT2D eigenvalue weighted by Crippen LogP contribution is 2.36. The predicted molar refractivity (Wildman–Crippen MR) is 190 cm³/mol. The number of methoxy groups -OCH3 is 2. The first-order valence-electron chi connectivity index (χ1n) is 15.6. The molecule has 7 heteroatoms. The molecular weight excluding hydrogens is 586 g/mol. The monoisotopic (exact) mass is 625 g/mol. The van der Waals surface area contributed by atoms with Crippen LogP contribution in [0.25, 0.3) is 0 Å². The number of benzene rings is 5. The van der Waals surface area contributed by atoms with Crippen LogP contribution in [0.3, 0.4) is 0 Å². The van der Waals surface area contributed by atoms with Crippen molar-refractivity contribution < 1.29 is 18.9 Å². The number of nitrogens with one attached hydrogen (secondary N) is 2. The lowest BCUT2D eigenvalue weighted by atomic mass is 10.0. The number of ether oxygens (including phenoxy) is 4. The van der Waals surface area contributed by atoms with E-state index in [1.807, 2.05) is 103 Å². The number of rotatable bonds is 14. The summed E-state index contributed by atoms with van der Waals surface area (Å²) in [5.41, 5.74) is 5.28. The Balaban J connectivity index is 1.13. The van der Waals surface area contributed by atoms with E-state index in [4.69, 9.17) is 18.9 Å². The lowest BCUT2D eigenvalue weighted by molar-refractivity contribution is -0.00118. The highest BCUT2D eigenvalue weighted by Gasteiger charge is 2.29. The second kappa shape index (κ2) is 15.1. The number of anilines is 5. The van der Waals surface area contributed by atoms with E-state index in [9.17, 15) is 0 Å². The summed E-state index contributed by atoms with van der Waals surface area (Å²) in [5, 5.41) is 7.05. The summed E-state index contributed by atoms with van der Waals surface area (Å²) in [6.45, 7) is 0.745. The quantitative estimate of drug-likeness (QED) is 0.0942. The summed E-state index contributed by atoms with van der Waals surface area (Å²) in [5.74, 6) is 2.38. The molecule has 1 atom stereocenters. The minimum Gasteiger partial charge on any atom is -0.497 e. The van der Waals surface area contributed by atoms with E-state index in [0.29, 0.717) is 19.6 Å². The molecule has 5 aromatic rings. The Bertz CT molecular complexity index is 1740. The highest BCUT2D eigenvalue weighted by molar-refractivity contribution is 5.77. The third-order valence-corrected chi connectivity index (χ3v) is 7.80. The molecule has 0 aromatic heterocycles. The van der Waals surface area contributed by atoms with E-state index in [0.717, 1.165) is 51.4 Å². The third-order valence-electron chi connectivity index (χ3n) is 7.80. The van der Waals surface area contributed by atoms with Crippen LogP contribution >= 0.6 is 0 Å². The minimum atomic E-state index is -0.762. The van der Waals surface area contributed by atoms with Crippen molar-refractivity contribution >= 4 is 28.4 Å². The van der Waals surface area contributed by atoms with Gasteiger partial charge in [0.15, 0.2) is 5.72 Å². The van der Waals surface area contributed by atoms with Gasteiger partial charge in [-0.3, -0.25) is 0 Å². The maximum absolute atomic E-state index is 6.54. The number of hydrogen-bond donors (Lipinski definition) is 2. The lowest BCUT2D eigenvalue weighted by Gasteiger charge is -2.34. The van der Waals surface area contributed by atoms with Crippen LogP contribution in [0, 0.1) is 0 Å². The average Bonchev–Trinajstić information content (AvgIpc) is 3.13. The summed E-state index contributed by atoms with van der Waals surface area (Å²) in [6, 6.07) is 44.5. The van der Waals surface area contributed by atoms with Gasteiger partial charge in [0.2, 0.25) is 0 Å². The van der Waals surface area contributed by atoms with Gasteiger partial charge in [-0.2, -0.15) is 0 Å². The van der Waals surface area contributed by atoms with Crippen LogP contribution in [-0.4, -0.2) is 33.2 Å². The smallest absolute Gasteiger partial charge is 0.162 e. The van der Waals surface area contributed by atoms with Gasteiger partial charge in [-0.25, -0.2) is 0 Å². The fraction of sp³-hybridized carbons (Fsp3) is 0.150. The zero-order valence-electron chi connectivity index (χ0n) is 26.6. The molecule has 6 rings (SSSR count). The largest absolute Gasteiger partial charge is 0.497 e.